The Morgan fingerprint density at radius 2 is 2.17 bits per heavy atom. The number of aromatic nitrogens is 3. The highest BCUT2D eigenvalue weighted by atomic mass is 16.1. The minimum Gasteiger partial charge on any atom is -0.397 e. The number of carbonyl (C=O) groups excluding carboxylic acids is 1. The summed E-state index contributed by atoms with van der Waals surface area (Å²) in [7, 11) is 1.77. The Kier molecular flexibility index (Phi) is 3.01. The summed E-state index contributed by atoms with van der Waals surface area (Å²) in [5.41, 5.74) is 8.37. The third-order valence-corrected chi connectivity index (χ3v) is 2.65. The van der Waals surface area contributed by atoms with Gasteiger partial charge in [-0.2, -0.15) is 5.10 Å². The molecule has 6 heteroatoms. The molecule has 94 valence electrons. The Balaban J connectivity index is 2.21. The molecule has 0 fully saturated rings. The number of anilines is 2. The van der Waals surface area contributed by atoms with Gasteiger partial charge >= 0.3 is 0 Å². The number of nitrogens with zero attached hydrogens (tertiary/aromatic N) is 3. The van der Waals surface area contributed by atoms with E-state index in [0.29, 0.717) is 22.8 Å². The van der Waals surface area contributed by atoms with Gasteiger partial charge in [-0.25, -0.2) is 4.98 Å². The molecule has 0 unspecified atom stereocenters. The van der Waals surface area contributed by atoms with Crippen LogP contribution in [0, 0.1) is 13.8 Å². The van der Waals surface area contributed by atoms with E-state index >= 15 is 0 Å². The zero-order valence-corrected chi connectivity index (χ0v) is 10.6. The van der Waals surface area contributed by atoms with E-state index in [1.165, 1.54) is 6.20 Å². The molecule has 0 saturated carbocycles. The van der Waals surface area contributed by atoms with Crippen LogP contribution in [0.4, 0.5) is 11.5 Å². The van der Waals surface area contributed by atoms with E-state index in [1.54, 1.807) is 30.9 Å². The second-order valence-corrected chi connectivity index (χ2v) is 4.18. The molecule has 2 aromatic heterocycles. The maximum Gasteiger partial charge on any atom is 0.260 e. The van der Waals surface area contributed by atoms with Crippen LogP contribution in [-0.4, -0.2) is 20.7 Å². The first-order chi connectivity index (χ1) is 8.47. The van der Waals surface area contributed by atoms with Crippen LogP contribution in [0.1, 0.15) is 21.6 Å². The van der Waals surface area contributed by atoms with Crippen LogP contribution in [0.5, 0.6) is 0 Å². The van der Waals surface area contributed by atoms with Gasteiger partial charge in [-0.3, -0.25) is 9.48 Å². The molecule has 0 bridgehead atoms. The Morgan fingerprint density at radius 1 is 1.44 bits per heavy atom. The number of aryl methyl sites for hydroxylation is 3. The number of nitrogen functional groups attached to an aromatic ring is 1. The van der Waals surface area contributed by atoms with E-state index in [-0.39, 0.29) is 5.91 Å². The average Bonchev–Trinajstić information content (AvgIpc) is 2.63. The first kappa shape index (κ1) is 12.1. The van der Waals surface area contributed by atoms with Gasteiger partial charge in [0.15, 0.2) is 0 Å². The van der Waals surface area contributed by atoms with Crippen molar-refractivity contribution in [3.05, 3.63) is 35.3 Å². The molecule has 3 N–H and O–H groups in total. The molecule has 2 rings (SSSR count). The zero-order chi connectivity index (χ0) is 13.3. The molecule has 0 aliphatic rings. The molecule has 2 heterocycles. The molecule has 0 saturated heterocycles. The number of amides is 1. The second kappa shape index (κ2) is 4.48. The first-order valence-corrected chi connectivity index (χ1v) is 5.51. The number of carbonyl (C=O) groups is 1. The summed E-state index contributed by atoms with van der Waals surface area (Å²) in [4.78, 5) is 16.1. The van der Waals surface area contributed by atoms with Gasteiger partial charge in [0.05, 0.1) is 23.1 Å². The normalized spacial score (nSPS) is 10.4. The molecule has 18 heavy (non-hydrogen) atoms. The van der Waals surface area contributed by atoms with Crippen LogP contribution in [0.3, 0.4) is 0 Å². The van der Waals surface area contributed by atoms with Crippen molar-refractivity contribution in [3.8, 4) is 0 Å². The van der Waals surface area contributed by atoms with Gasteiger partial charge in [-0.15, -0.1) is 0 Å². The van der Waals surface area contributed by atoms with Crippen molar-refractivity contribution >= 4 is 17.4 Å². The molecular formula is C12H15N5O. The van der Waals surface area contributed by atoms with Gasteiger partial charge in [-0.05, 0) is 25.5 Å². The minimum atomic E-state index is -0.225. The van der Waals surface area contributed by atoms with E-state index < -0.39 is 0 Å². The molecule has 0 radical (unpaired) electrons. The summed E-state index contributed by atoms with van der Waals surface area (Å²) < 4.78 is 1.60. The predicted molar refractivity (Wildman–Crippen MR) is 69.3 cm³/mol. The summed E-state index contributed by atoms with van der Waals surface area (Å²) in [6, 6.07) is 1.74. The van der Waals surface area contributed by atoms with Crippen molar-refractivity contribution in [2.24, 2.45) is 7.05 Å². The van der Waals surface area contributed by atoms with E-state index in [2.05, 4.69) is 15.4 Å². The van der Waals surface area contributed by atoms with E-state index in [9.17, 15) is 4.79 Å². The Hall–Kier alpha value is -2.37. The number of rotatable bonds is 2. The van der Waals surface area contributed by atoms with Gasteiger partial charge < -0.3 is 11.1 Å². The molecule has 0 aliphatic carbocycles. The van der Waals surface area contributed by atoms with Crippen LogP contribution < -0.4 is 11.1 Å². The fourth-order valence-electron chi connectivity index (χ4n) is 1.64. The quantitative estimate of drug-likeness (QED) is 0.834. The number of pyridine rings is 1. The monoisotopic (exact) mass is 245 g/mol. The number of hydrogen-bond donors (Lipinski definition) is 2. The van der Waals surface area contributed by atoms with Crippen LogP contribution in [0.25, 0.3) is 0 Å². The van der Waals surface area contributed by atoms with Crippen LogP contribution >= 0.6 is 0 Å². The summed E-state index contributed by atoms with van der Waals surface area (Å²) in [6.07, 6.45) is 3.20. The van der Waals surface area contributed by atoms with Gasteiger partial charge in [0, 0.05) is 13.2 Å². The maximum atomic E-state index is 12.0. The topological polar surface area (TPSA) is 85.8 Å². The van der Waals surface area contributed by atoms with Gasteiger partial charge in [0.25, 0.3) is 5.91 Å². The van der Waals surface area contributed by atoms with Crippen molar-refractivity contribution in [2.75, 3.05) is 11.1 Å². The van der Waals surface area contributed by atoms with Gasteiger partial charge in [-0.1, -0.05) is 0 Å². The summed E-state index contributed by atoms with van der Waals surface area (Å²) in [6.45, 7) is 3.65. The maximum absolute atomic E-state index is 12.0. The highest BCUT2D eigenvalue weighted by molar-refractivity contribution is 6.04. The number of nitrogens with two attached hydrogens (primary N) is 1. The van der Waals surface area contributed by atoms with E-state index in [1.807, 2.05) is 6.92 Å². The number of nitrogens with one attached hydrogen (secondary N) is 1. The lowest BCUT2D eigenvalue weighted by Gasteiger charge is -2.05. The van der Waals surface area contributed by atoms with Crippen molar-refractivity contribution in [3.63, 3.8) is 0 Å². The Morgan fingerprint density at radius 3 is 2.72 bits per heavy atom. The lowest BCUT2D eigenvalue weighted by atomic mass is 10.2. The summed E-state index contributed by atoms with van der Waals surface area (Å²) >= 11 is 0. The van der Waals surface area contributed by atoms with E-state index in [4.69, 9.17) is 5.73 Å². The summed E-state index contributed by atoms with van der Waals surface area (Å²) in [5.74, 6) is 0.257. The Labute approximate surface area is 105 Å². The molecule has 2 aromatic rings. The third-order valence-electron chi connectivity index (χ3n) is 2.65. The zero-order valence-electron chi connectivity index (χ0n) is 10.6. The van der Waals surface area contributed by atoms with Crippen LogP contribution in [-0.2, 0) is 7.05 Å². The van der Waals surface area contributed by atoms with Crippen molar-refractivity contribution < 1.29 is 4.79 Å². The lowest BCUT2D eigenvalue weighted by Crippen LogP contribution is -2.13. The SMILES string of the molecule is Cc1cc(NC(=O)c2cn(C)nc2C)ncc1N. The van der Waals surface area contributed by atoms with Crippen LogP contribution in [0.15, 0.2) is 18.5 Å². The Bertz CT molecular complexity index is 603. The standard InChI is InChI=1S/C12H15N5O/c1-7-4-11(14-5-10(7)13)15-12(18)9-6-17(3)16-8(9)2/h4-6H,13H2,1-3H3,(H,14,15,18). The largest absolute Gasteiger partial charge is 0.397 e. The third kappa shape index (κ3) is 2.32. The average molecular weight is 245 g/mol. The molecule has 0 atom stereocenters. The molecule has 0 aromatic carbocycles. The molecular weight excluding hydrogens is 230 g/mol. The predicted octanol–water partition coefficient (Wildman–Crippen LogP) is 1.27. The highest BCUT2D eigenvalue weighted by Gasteiger charge is 2.13. The van der Waals surface area contributed by atoms with Gasteiger partial charge in [0.1, 0.15) is 5.82 Å². The number of hydrogen-bond acceptors (Lipinski definition) is 4. The van der Waals surface area contributed by atoms with Gasteiger partial charge in [0.2, 0.25) is 0 Å². The van der Waals surface area contributed by atoms with Crippen molar-refractivity contribution in [2.45, 2.75) is 13.8 Å². The molecule has 1 amide bonds. The molecule has 0 aliphatic heterocycles. The summed E-state index contributed by atoms with van der Waals surface area (Å²) in [5, 5.41) is 6.84. The first-order valence-electron chi connectivity index (χ1n) is 5.51. The van der Waals surface area contributed by atoms with Crippen molar-refractivity contribution in [1.82, 2.24) is 14.8 Å². The van der Waals surface area contributed by atoms with E-state index in [0.717, 1.165) is 5.56 Å². The van der Waals surface area contributed by atoms with Crippen LogP contribution in [0.2, 0.25) is 0 Å². The smallest absolute Gasteiger partial charge is 0.260 e. The molecule has 0 spiro atoms. The molecule has 6 nitrogen and oxygen atoms in total. The minimum absolute atomic E-state index is 0.225. The highest BCUT2D eigenvalue weighted by Crippen LogP contribution is 2.14. The second-order valence-electron chi connectivity index (χ2n) is 4.18. The fourth-order valence-corrected chi connectivity index (χ4v) is 1.64. The lowest BCUT2D eigenvalue weighted by molar-refractivity contribution is 0.102. The fraction of sp³-hybridized carbons (Fsp3) is 0.250. The van der Waals surface area contributed by atoms with Crippen molar-refractivity contribution in [1.29, 1.82) is 0 Å².